The van der Waals surface area contributed by atoms with Crippen molar-refractivity contribution in [1.29, 1.82) is 0 Å². The molecule has 1 aromatic carbocycles. The monoisotopic (exact) mass is 256 g/mol. The summed E-state index contributed by atoms with van der Waals surface area (Å²) < 4.78 is 0. The van der Waals surface area contributed by atoms with E-state index in [4.69, 9.17) is 5.11 Å². The van der Waals surface area contributed by atoms with Gasteiger partial charge in [-0.05, 0) is 24.3 Å². The van der Waals surface area contributed by atoms with Crippen LogP contribution in [0.25, 0.3) is 11.3 Å². The second kappa shape index (κ2) is 5.30. The molecule has 2 aromatic rings. The summed E-state index contributed by atoms with van der Waals surface area (Å²) >= 11 is 0. The van der Waals surface area contributed by atoms with Gasteiger partial charge in [0, 0.05) is 18.2 Å². The van der Waals surface area contributed by atoms with E-state index in [2.05, 4.69) is 10.3 Å². The molecule has 19 heavy (non-hydrogen) atoms. The topological polar surface area (TPSA) is 79.3 Å². The Kier molecular flexibility index (Phi) is 3.56. The lowest BCUT2D eigenvalue weighted by Crippen LogP contribution is -2.17. The molecule has 0 bridgehead atoms. The zero-order valence-corrected chi connectivity index (χ0v) is 10.3. The Bertz CT molecular complexity index is 638. The van der Waals surface area contributed by atoms with Crippen molar-refractivity contribution in [3.63, 3.8) is 0 Å². The van der Waals surface area contributed by atoms with Crippen LogP contribution in [-0.2, 0) is 0 Å². The SMILES string of the molecule is CNC(=O)c1cccc(-c2cccc(C(=O)O)n2)c1. The average molecular weight is 256 g/mol. The molecule has 0 aliphatic carbocycles. The van der Waals surface area contributed by atoms with E-state index < -0.39 is 5.97 Å². The largest absolute Gasteiger partial charge is 0.477 e. The van der Waals surface area contributed by atoms with Crippen molar-refractivity contribution >= 4 is 11.9 Å². The number of carbonyl (C=O) groups is 2. The zero-order chi connectivity index (χ0) is 13.8. The smallest absolute Gasteiger partial charge is 0.354 e. The van der Waals surface area contributed by atoms with Gasteiger partial charge in [-0.2, -0.15) is 0 Å². The summed E-state index contributed by atoms with van der Waals surface area (Å²) in [5.41, 5.74) is 1.69. The highest BCUT2D eigenvalue weighted by Gasteiger charge is 2.08. The number of aromatic carboxylic acids is 1. The second-order valence-electron chi connectivity index (χ2n) is 3.87. The second-order valence-corrected chi connectivity index (χ2v) is 3.87. The van der Waals surface area contributed by atoms with Crippen LogP contribution in [0.1, 0.15) is 20.8 Å². The number of rotatable bonds is 3. The number of hydrogen-bond donors (Lipinski definition) is 2. The van der Waals surface area contributed by atoms with Crippen LogP contribution in [0.2, 0.25) is 0 Å². The highest BCUT2D eigenvalue weighted by atomic mass is 16.4. The number of carboxylic acids is 1. The van der Waals surface area contributed by atoms with Gasteiger partial charge in [-0.15, -0.1) is 0 Å². The van der Waals surface area contributed by atoms with Gasteiger partial charge in [0.2, 0.25) is 0 Å². The van der Waals surface area contributed by atoms with Crippen LogP contribution < -0.4 is 5.32 Å². The number of benzene rings is 1. The van der Waals surface area contributed by atoms with E-state index in [1.54, 1.807) is 43.4 Å². The average Bonchev–Trinajstić information content (AvgIpc) is 2.46. The molecule has 0 atom stereocenters. The summed E-state index contributed by atoms with van der Waals surface area (Å²) in [5.74, 6) is -1.28. The van der Waals surface area contributed by atoms with Crippen LogP contribution in [0.4, 0.5) is 0 Å². The Morgan fingerprint density at radius 3 is 2.58 bits per heavy atom. The van der Waals surface area contributed by atoms with E-state index in [0.717, 1.165) is 0 Å². The summed E-state index contributed by atoms with van der Waals surface area (Å²) in [6.07, 6.45) is 0. The molecule has 2 N–H and O–H groups in total. The third-order valence-corrected chi connectivity index (χ3v) is 2.62. The molecule has 5 heteroatoms. The number of pyridine rings is 1. The fourth-order valence-corrected chi connectivity index (χ4v) is 1.68. The van der Waals surface area contributed by atoms with Gasteiger partial charge in [-0.25, -0.2) is 9.78 Å². The molecule has 0 unspecified atom stereocenters. The molecular formula is C14H12N2O3. The van der Waals surface area contributed by atoms with Crippen LogP contribution in [-0.4, -0.2) is 29.0 Å². The van der Waals surface area contributed by atoms with E-state index in [0.29, 0.717) is 16.8 Å². The van der Waals surface area contributed by atoms with Crippen LogP contribution in [0, 0.1) is 0 Å². The van der Waals surface area contributed by atoms with Crippen molar-refractivity contribution in [2.75, 3.05) is 7.05 Å². The van der Waals surface area contributed by atoms with Gasteiger partial charge in [0.25, 0.3) is 5.91 Å². The molecule has 0 aliphatic rings. The van der Waals surface area contributed by atoms with Gasteiger partial charge in [0.1, 0.15) is 5.69 Å². The number of carbonyl (C=O) groups excluding carboxylic acids is 1. The summed E-state index contributed by atoms with van der Waals surface area (Å²) in [7, 11) is 1.55. The minimum absolute atomic E-state index is 0.0251. The first-order valence-electron chi connectivity index (χ1n) is 5.64. The lowest BCUT2D eigenvalue weighted by Gasteiger charge is -2.05. The van der Waals surface area contributed by atoms with Crippen molar-refractivity contribution < 1.29 is 14.7 Å². The summed E-state index contributed by atoms with van der Waals surface area (Å²) in [4.78, 5) is 26.5. The molecule has 1 amide bonds. The van der Waals surface area contributed by atoms with Crippen LogP contribution in [0.3, 0.4) is 0 Å². The van der Waals surface area contributed by atoms with Gasteiger partial charge in [-0.3, -0.25) is 4.79 Å². The molecule has 96 valence electrons. The van der Waals surface area contributed by atoms with Gasteiger partial charge in [0.05, 0.1) is 5.69 Å². The van der Waals surface area contributed by atoms with Gasteiger partial charge < -0.3 is 10.4 Å². The third-order valence-electron chi connectivity index (χ3n) is 2.62. The third kappa shape index (κ3) is 2.77. The first-order chi connectivity index (χ1) is 9.11. The number of aromatic nitrogens is 1. The van der Waals surface area contributed by atoms with Crippen LogP contribution in [0.5, 0.6) is 0 Å². The normalized spacial score (nSPS) is 9.95. The lowest BCUT2D eigenvalue weighted by molar-refractivity contribution is 0.0690. The van der Waals surface area contributed by atoms with Crippen LogP contribution in [0.15, 0.2) is 42.5 Å². The van der Waals surface area contributed by atoms with Crippen molar-refractivity contribution in [2.45, 2.75) is 0 Å². The van der Waals surface area contributed by atoms with Crippen molar-refractivity contribution in [2.24, 2.45) is 0 Å². The zero-order valence-electron chi connectivity index (χ0n) is 10.3. The predicted molar refractivity (Wildman–Crippen MR) is 70.0 cm³/mol. The van der Waals surface area contributed by atoms with E-state index in [9.17, 15) is 9.59 Å². The molecule has 0 radical (unpaired) electrons. The maximum atomic E-state index is 11.5. The van der Waals surface area contributed by atoms with Crippen molar-refractivity contribution in [3.8, 4) is 11.3 Å². The number of nitrogens with zero attached hydrogens (tertiary/aromatic N) is 1. The molecule has 0 aliphatic heterocycles. The number of amides is 1. The van der Waals surface area contributed by atoms with Crippen LogP contribution >= 0.6 is 0 Å². The summed E-state index contributed by atoms with van der Waals surface area (Å²) in [6, 6.07) is 11.6. The molecule has 1 heterocycles. The maximum Gasteiger partial charge on any atom is 0.354 e. The van der Waals surface area contributed by atoms with Gasteiger partial charge in [0.15, 0.2) is 0 Å². The number of nitrogens with one attached hydrogen (secondary N) is 1. The number of carboxylic acid groups (broad SMARTS) is 1. The summed E-state index contributed by atoms with van der Waals surface area (Å²) in [6.45, 7) is 0. The molecule has 0 fully saturated rings. The Balaban J connectivity index is 2.44. The molecule has 0 saturated heterocycles. The molecule has 0 saturated carbocycles. The highest BCUT2D eigenvalue weighted by Crippen LogP contribution is 2.18. The molecule has 0 spiro atoms. The molecule has 5 nitrogen and oxygen atoms in total. The quantitative estimate of drug-likeness (QED) is 0.877. The maximum absolute atomic E-state index is 11.5. The van der Waals surface area contributed by atoms with Gasteiger partial charge in [-0.1, -0.05) is 18.2 Å². The fraction of sp³-hybridized carbons (Fsp3) is 0.0714. The summed E-state index contributed by atoms with van der Waals surface area (Å²) in [5, 5.41) is 11.4. The Hall–Kier alpha value is -2.69. The van der Waals surface area contributed by atoms with E-state index in [-0.39, 0.29) is 11.6 Å². The van der Waals surface area contributed by atoms with E-state index in [1.807, 2.05) is 0 Å². The lowest BCUT2D eigenvalue weighted by atomic mass is 10.1. The Labute approximate surface area is 109 Å². The minimum Gasteiger partial charge on any atom is -0.477 e. The Morgan fingerprint density at radius 2 is 1.89 bits per heavy atom. The number of hydrogen-bond acceptors (Lipinski definition) is 3. The standard InChI is InChI=1S/C14H12N2O3/c1-15-13(17)10-5-2-4-9(8-10)11-6-3-7-12(16-11)14(18)19/h2-8H,1H3,(H,15,17)(H,18,19). The van der Waals surface area contributed by atoms with Crippen molar-refractivity contribution in [1.82, 2.24) is 10.3 Å². The van der Waals surface area contributed by atoms with E-state index >= 15 is 0 Å². The first-order valence-corrected chi connectivity index (χ1v) is 5.64. The van der Waals surface area contributed by atoms with E-state index in [1.165, 1.54) is 6.07 Å². The predicted octanol–water partition coefficient (Wildman–Crippen LogP) is 1.81. The Morgan fingerprint density at radius 1 is 1.16 bits per heavy atom. The highest BCUT2D eigenvalue weighted by molar-refractivity contribution is 5.95. The first kappa shape index (κ1) is 12.8. The minimum atomic E-state index is -1.08. The van der Waals surface area contributed by atoms with Crippen molar-refractivity contribution in [3.05, 3.63) is 53.7 Å². The molecular weight excluding hydrogens is 244 g/mol. The molecule has 2 rings (SSSR count). The van der Waals surface area contributed by atoms with Gasteiger partial charge >= 0.3 is 5.97 Å². The fourth-order valence-electron chi connectivity index (χ4n) is 1.68. The molecule has 1 aromatic heterocycles.